The number of guanidine groups is 1. The van der Waals surface area contributed by atoms with Crippen LogP contribution in [0.5, 0.6) is 0 Å². The van der Waals surface area contributed by atoms with Gasteiger partial charge in [0.05, 0.1) is 40.8 Å². The molecule has 0 saturated carbocycles. The number of carbonyl (C=O) groups excluding carboxylic acids is 1. The van der Waals surface area contributed by atoms with E-state index in [-0.39, 0.29) is 35.0 Å². The number of nitrogens with one attached hydrogen (secondary N) is 1. The quantitative estimate of drug-likeness (QED) is 0.686. The summed E-state index contributed by atoms with van der Waals surface area (Å²) in [6.45, 7) is 2.89. The maximum atomic E-state index is 13.1. The normalized spacial score (nSPS) is 22.3. The number of alkyl halides is 3. The van der Waals surface area contributed by atoms with Gasteiger partial charge in [-0.25, -0.2) is 15.0 Å². The van der Waals surface area contributed by atoms with Gasteiger partial charge in [0.15, 0.2) is 5.96 Å². The fourth-order valence-corrected chi connectivity index (χ4v) is 4.46. The van der Waals surface area contributed by atoms with Crippen molar-refractivity contribution in [3.8, 4) is 0 Å². The zero-order valence-electron chi connectivity index (χ0n) is 17.7. The molecule has 1 atom stereocenters. The van der Waals surface area contributed by atoms with E-state index in [0.29, 0.717) is 37.3 Å². The van der Waals surface area contributed by atoms with E-state index in [1.807, 2.05) is 0 Å². The molecule has 1 amide bonds. The number of hydrogen-bond acceptors (Lipinski definition) is 7. The summed E-state index contributed by atoms with van der Waals surface area (Å²) in [5, 5.41) is 3.18. The lowest BCUT2D eigenvalue weighted by Crippen LogP contribution is -2.55. The molecule has 12 heteroatoms. The summed E-state index contributed by atoms with van der Waals surface area (Å²) in [7, 11) is 0. The Kier molecular flexibility index (Phi) is 6.19. The van der Waals surface area contributed by atoms with E-state index in [0.717, 1.165) is 12.4 Å². The monoisotopic (exact) mass is 482 g/mol. The van der Waals surface area contributed by atoms with Crippen LogP contribution in [0.3, 0.4) is 0 Å². The number of aliphatic imine (C=N–C) groups is 1. The Bertz CT molecular complexity index is 1070. The average Bonchev–Trinajstić information content (AvgIpc) is 2.75. The van der Waals surface area contributed by atoms with E-state index < -0.39 is 17.5 Å². The maximum absolute atomic E-state index is 13.1. The van der Waals surface area contributed by atoms with E-state index >= 15 is 0 Å². The van der Waals surface area contributed by atoms with Crippen molar-refractivity contribution in [3.63, 3.8) is 0 Å². The average molecular weight is 483 g/mol. The number of amides is 1. The van der Waals surface area contributed by atoms with E-state index in [2.05, 4.69) is 20.3 Å². The predicted octanol–water partition coefficient (Wildman–Crippen LogP) is 3.83. The molecular formula is C21H22ClF3N6O2. The minimum absolute atomic E-state index is 0.0531. The summed E-state index contributed by atoms with van der Waals surface area (Å²) in [4.78, 5) is 25.9. The van der Waals surface area contributed by atoms with Gasteiger partial charge in [-0.1, -0.05) is 23.7 Å². The molecule has 33 heavy (non-hydrogen) atoms. The summed E-state index contributed by atoms with van der Waals surface area (Å²) in [6, 6.07) is 5.05. The number of ether oxygens (including phenoxy) is 1. The van der Waals surface area contributed by atoms with Gasteiger partial charge in [-0.15, -0.1) is 0 Å². The summed E-state index contributed by atoms with van der Waals surface area (Å²) in [5.74, 6) is -1.26. The highest BCUT2D eigenvalue weighted by Gasteiger charge is 2.41. The molecule has 0 aliphatic carbocycles. The van der Waals surface area contributed by atoms with Crippen molar-refractivity contribution in [2.24, 2.45) is 10.7 Å². The molecule has 1 aromatic heterocycles. The SMILES string of the molecule is C[C@@]1(c2cccc(Nc3cnc(C(F)(F)F)nc3)c2Cl)CC(=O)N(C2CCOCC2)C(N)=N1. The zero-order valence-corrected chi connectivity index (χ0v) is 18.5. The number of aromatic nitrogens is 2. The molecule has 1 aromatic carbocycles. The van der Waals surface area contributed by atoms with Gasteiger partial charge >= 0.3 is 6.18 Å². The first-order valence-electron chi connectivity index (χ1n) is 10.3. The first kappa shape index (κ1) is 23.2. The minimum atomic E-state index is -4.63. The van der Waals surface area contributed by atoms with E-state index in [1.54, 1.807) is 30.0 Å². The van der Waals surface area contributed by atoms with Crippen LogP contribution in [0.1, 0.15) is 37.6 Å². The summed E-state index contributed by atoms with van der Waals surface area (Å²) >= 11 is 6.63. The van der Waals surface area contributed by atoms with Crippen LogP contribution in [0, 0.1) is 0 Å². The van der Waals surface area contributed by atoms with E-state index in [9.17, 15) is 18.0 Å². The smallest absolute Gasteiger partial charge is 0.381 e. The van der Waals surface area contributed by atoms with Crippen LogP contribution >= 0.6 is 11.6 Å². The second-order valence-corrected chi connectivity index (χ2v) is 8.49. The van der Waals surface area contributed by atoms with Gasteiger partial charge in [0, 0.05) is 24.8 Å². The topological polar surface area (TPSA) is 106 Å². The molecule has 2 aliphatic rings. The van der Waals surface area contributed by atoms with Crippen LogP contribution < -0.4 is 11.1 Å². The Balaban J connectivity index is 1.60. The minimum Gasteiger partial charge on any atom is -0.381 e. The van der Waals surface area contributed by atoms with Crippen molar-refractivity contribution in [1.82, 2.24) is 14.9 Å². The highest BCUT2D eigenvalue weighted by molar-refractivity contribution is 6.34. The number of nitrogens with two attached hydrogens (primary N) is 1. The largest absolute Gasteiger partial charge is 0.451 e. The zero-order chi connectivity index (χ0) is 23.8. The Morgan fingerprint density at radius 3 is 2.52 bits per heavy atom. The lowest BCUT2D eigenvalue weighted by atomic mass is 9.86. The van der Waals surface area contributed by atoms with Crippen LogP contribution in [-0.2, 0) is 21.2 Å². The first-order chi connectivity index (χ1) is 15.6. The maximum Gasteiger partial charge on any atom is 0.451 e. The molecule has 176 valence electrons. The van der Waals surface area contributed by atoms with Crippen molar-refractivity contribution in [1.29, 1.82) is 0 Å². The molecule has 0 bridgehead atoms. The van der Waals surface area contributed by atoms with Crippen LogP contribution in [-0.4, -0.2) is 46.0 Å². The Morgan fingerprint density at radius 1 is 1.24 bits per heavy atom. The van der Waals surface area contributed by atoms with Gasteiger partial charge in [-0.05, 0) is 25.8 Å². The second-order valence-electron chi connectivity index (χ2n) is 8.11. The highest BCUT2D eigenvalue weighted by Crippen LogP contribution is 2.41. The predicted molar refractivity (Wildman–Crippen MR) is 116 cm³/mol. The highest BCUT2D eigenvalue weighted by atomic mass is 35.5. The lowest BCUT2D eigenvalue weighted by Gasteiger charge is -2.40. The number of hydrogen-bond donors (Lipinski definition) is 2. The Hall–Kier alpha value is -2.92. The van der Waals surface area contributed by atoms with E-state index in [4.69, 9.17) is 22.1 Å². The molecule has 2 aliphatic heterocycles. The number of halogens is 4. The third-order valence-corrected chi connectivity index (χ3v) is 6.10. The number of anilines is 2. The third kappa shape index (κ3) is 4.74. The van der Waals surface area contributed by atoms with Crippen molar-refractivity contribution >= 4 is 34.8 Å². The molecule has 4 rings (SSSR count). The number of benzene rings is 1. The van der Waals surface area contributed by atoms with Crippen LogP contribution in [0.2, 0.25) is 5.02 Å². The lowest BCUT2D eigenvalue weighted by molar-refractivity contribution is -0.145. The first-order valence-corrected chi connectivity index (χ1v) is 10.7. The van der Waals surface area contributed by atoms with E-state index in [1.165, 1.54) is 0 Å². The van der Waals surface area contributed by atoms with Crippen LogP contribution in [0.15, 0.2) is 35.6 Å². The molecule has 0 unspecified atom stereocenters. The van der Waals surface area contributed by atoms with Gasteiger partial charge < -0.3 is 15.8 Å². The van der Waals surface area contributed by atoms with Gasteiger partial charge in [-0.3, -0.25) is 9.69 Å². The van der Waals surface area contributed by atoms with Crippen molar-refractivity contribution in [2.75, 3.05) is 18.5 Å². The fraction of sp³-hybridized carbons (Fsp3) is 0.429. The van der Waals surface area contributed by atoms with Crippen LogP contribution in [0.4, 0.5) is 24.5 Å². The standard InChI is InChI=1S/C21H22ClF3N6O2/c1-20(9-16(32)31(19(26)30-20)13-5-7-33-8-6-13)14-3-2-4-15(17(14)22)29-12-10-27-18(28-11-12)21(23,24)25/h2-4,10-11,13,29H,5-9H2,1H3,(H2,26,30)/t20-/m0/s1. The number of nitrogens with zero attached hydrogens (tertiary/aromatic N) is 4. The Labute approximate surface area is 193 Å². The molecule has 3 N–H and O–H groups in total. The number of carbonyl (C=O) groups is 1. The van der Waals surface area contributed by atoms with Gasteiger partial charge in [0.25, 0.3) is 0 Å². The molecular weight excluding hydrogens is 461 g/mol. The second kappa shape index (κ2) is 8.79. The van der Waals surface area contributed by atoms with Crippen molar-refractivity contribution in [3.05, 3.63) is 47.0 Å². The third-order valence-electron chi connectivity index (χ3n) is 5.69. The van der Waals surface area contributed by atoms with Crippen LogP contribution in [0.25, 0.3) is 0 Å². The molecule has 1 fully saturated rings. The summed E-state index contributed by atoms with van der Waals surface area (Å²) in [5.41, 5.74) is 6.41. The Morgan fingerprint density at radius 2 is 1.91 bits per heavy atom. The van der Waals surface area contributed by atoms with Crippen molar-refractivity contribution < 1.29 is 22.7 Å². The molecule has 3 heterocycles. The number of rotatable bonds is 4. The molecule has 0 spiro atoms. The summed E-state index contributed by atoms with van der Waals surface area (Å²) in [6.07, 6.45) is -1.15. The molecule has 0 radical (unpaired) electrons. The molecule has 8 nitrogen and oxygen atoms in total. The van der Waals surface area contributed by atoms with Gasteiger partial charge in [-0.2, -0.15) is 13.2 Å². The molecule has 2 aromatic rings. The summed E-state index contributed by atoms with van der Waals surface area (Å²) < 4.78 is 43.4. The van der Waals surface area contributed by atoms with Crippen molar-refractivity contribution in [2.45, 2.75) is 43.9 Å². The van der Waals surface area contributed by atoms with Gasteiger partial charge in [0.1, 0.15) is 0 Å². The molecule has 1 saturated heterocycles. The van der Waals surface area contributed by atoms with Gasteiger partial charge in [0.2, 0.25) is 11.7 Å². The fourth-order valence-electron chi connectivity index (χ4n) is 4.08.